The van der Waals surface area contributed by atoms with Gasteiger partial charge in [-0.2, -0.15) is 0 Å². The second-order valence-electron chi connectivity index (χ2n) is 6.45. The van der Waals surface area contributed by atoms with Crippen LogP contribution in [0.25, 0.3) is 0 Å². The third-order valence-corrected chi connectivity index (χ3v) is 5.27. The van der Waals surface area contributed by atoms with E-state index in [1.165, 1.54) is 18.4 Å². The van der Waals surface area contributed by atoms with Crippen molar-refractivity contribution in [1.29, 1.82) is 0 Å². The lowest BCUT2D eigenvalue weighted by Gasteiger charge is -2.42. The van der Waals surface area contributed by atoms with E-state index < -0.39 is 0 Å². The molecule has 0 spiro atoms. The van der Waals surface area contributed by atoms with Gasteiger partial charge in [-0.3, -0.25) is 0 Å². The molecule has 0 saturated carbocycles. The minimum atomic E-state index is 0.0815. The molecular weight excluding hydrogens is 262 g/mol. The van der Waals surface area contributed by atoms with Gasteiger partial charge in [0.25, 0.3) is 0 Å². The monoisotopic (exact) mass is 289 g/mol. The highest BCUT2D eigenvalue weighted by molar-refractivity contribution is 5.28. The summed E-state index contributed by atoms with van der Waals surface area (Å²) < 4.78 is 11.3. The molecule has 2 atom stereocenters. The van der Waals surface area contributed by atoms with Gasteiger partial charge in [-0.25, -0.2) is 0 Å². The Morgan fingerprint density at radius 1 is 1.14 bits per heavy atom. The van der Waals surface area contributed by atoms with E-state index in [-0.39, 0.29) is 11.5 Å². The lowest BCUT2D eigenvalue weighted by atomic mass is 9.67. The molecule has 0 aliphatic carbocycles. The van der Waals surface area contributed by atoms with Gasteiger partial charge in [0.05, 0.1) is 6.10 Å². The Morgan fingerprint density at radius 2 is 1.90 bits per heavy atom. The zero-order chi connectivity index (χ0) is 14.5. The first kappa shape index (κ1) is 15.0. The summed E-state index contributed by atoms with van der Waals surface area (Å²) in [5.41, 5.74) is 8.15. The van der Waals surface area contributed by atoms with Crippen molar-refractivity contribution in [1.82, 2.24) is 0 Å². The normalized spacial score (nSPS) is 26.6. The summed E-state index contributed by atoms with van der Waals surface area (Å²) in [6, 6.07) is 11.0. The van der Waals surface area contributed by atoms with Crippen molar-refractivity contribution < 1.29 is 9.47 Å². The summed E-state index contributed by atoms with van der Waals surface area (Å²) >= 11 is 0. The number of hydrogen-bond acceptors (Lipinski definition) is 3. The zero-order valence-corrected chi connectivity index (χ0v) is 12.8. The molecule has 0 radical (unpaired) electrons. The van der Waals surface area contributed by atoms with Crippen molar-refractivity contribution in [3.8, 4) is 0 Å². The van der Waals surface area contributed by atoms with Crippen LogP contribution in [0.3, 0.4) is 0 Å². The fraction of sp³-hybridized carbons (Fsp3) is 0.667. The average molecular weight is 289 g/mol. The third-order valence-electron chi connectivity index (χ3n) is 5.27. The van der Waals surface area contributed by atoms with Crippen LogP contribution in [-0.4, -0.2) is 32.0 Å². The van der Waals surface area contributed by atoms with Crippen LogP contribution >= 0.6 is 0 Å². The van der Waals surface area contributed by atoms with E-state index in [0.29, 0.717) is 6.10 Å². The minimum absolute atomic E-state index is 0.0815. The van der Waals surface area contributed by atoms with Crippen LogP contribution in [0.4, 0.5) is 0 Å². The van der Waals surface area contributed by atoms with Crippen LogP contribution in [0.15, 0.2) is 30.3 Å². The van der Waals surface area contributed by atoms with Gasteiger partial charge in [-0.05, 0) is 44.1 Å². The highest BCUT2D eigenvalue weighted by atomic mass is 16.5. The minimum Gasteiger partial charge on any atom is -0.381 e. The van der Waals surface area contributed by atoms with Crippen molar-refractivity contribution >= 4 is 0 Å². The second kappa shape index (κ2) is 6.91. The first-order valence-corrected chi connectivity index (χ1v) is 8.32. The van der Waals surface area contributed by atoms with Gasteiger partial charge in [0.15, 0.2) is 0 Å². The second-order valence-corrected chi connectivity index (χ2v) is 6.45. The van der Waals surface area contributed by atoms with Crippen LogP contribution in [0.5, 0.6) is 0 Å². The van der Waals surface area contributed by atoms with Gasteiger partial charge in [-0.1, -0.05) is 30.3 Å². The molecule has 3 heteroatoms. The number of ether oxygens (including phenoxy) is 2. The van der Waals surface area contributed by atoms with Gasteiger partial charge < -0.3 is 15.2 Å². The van der Waals surface area contributed by atoms with E-state index in [1.807, 2.05) is 0 Å². The van der Waals surface area contributed by atoms with Gasteiger partial charge in [0, 0.05) is 31.3 Å². The van der Waals surface area contributed by atoms with Crippen molar-refractivity contribution in [3.05, 3.63) is 35.9 Å². The van der Waals surface area contributed by atoms with E-state index in [1.54, 1.807) is 0 Å². The van der Waals surface area contributed by atoms with Gasteiger partial charge in [0.1, 0.15) is 0 Å². The summed E-state index contributed by atoms with van der Waals surface area (Å²) in [7, 11) is 0. The highest BCUT2D eigenvalue weighted by Gasteiger charge is 2.40. The Morgan fingerprint density at radius 3 is 2.57 bits per heavy atom. The molecule has 2 unspecified atom stereocenters. The summed E-state index contributed by atoms with van der Waals surface area (Å²) in [5.74, 6) is 0. The molecule has 2 heterocycles. The third kappa shape index (κ3) is 3.31. The smallest absolute Gasteiger partial charge is 0.0576 e. The van der Waals surface area contributed by atoms with E-state index >= 15 is 0 Å². The van der Waals surface area contributed by atoms with E-state index in [4.69, 9.17) is 15.2 Å². The Bertz CT molecular complexity index is 422. The van der Waals surface area contributed by atoms with Crippen LogP contribution in [0.2, 0.25) is 0 Å². The zero-order valence-electron chi connectivity index (χ0n) is 12.8. The number of hydrogen-bond donors (Lipinski definition) is 1. The van der Waals surface area contributed by atoms with Crippen molar-refractivity contribution in [2.24, 2.45) is 5.73 Å². The summed E-state index contributed by atoms with van der Waals surface area (Å²) in [5, 5.41) is 0. The number of rotatable bonds is 5. The van der Waals surface area contributed by atoms with Crippen LogP contribution < -0.4 is 5.73 Å². The largest absolute Gasteiger partial charge is 0.381 e. The SMILES string of the molecule is NC(CCC1CCCO1)C1(c2ccccc2)CCOCC1. The molecule has 2 saturated heterocycles. The molecule has 116 valence electrons. The molecule has 2 aliphatic rings. The highest BCUT2D eigenvalue weighted by Crippen LogP contribution is 2.39. The predicted octanol–water partition coefficient (Wildman–Crippen LogP) is 3.02. The molecule has 1 aromatic carbocycles. The molecule has 2 aliphatic heterocycles. The lowest BCUT2D eigenvalue weighted by molar-refractivity contribution is 0.0349. The van der Waals surface area contributed by atoms with Gasteiger partial charge in [-0.15, -0.1) is 0 Å². The fourth-order valence-corrected chi connectivity index (χ4v) is 3.89. The standard InChI is InChI=1S/C18H27NO2/c19-17(9-8-16-7-4-12-21-16)18(10-13-20-14-11-18)15-5-2-1-3-6-15/h1-3,5-6,16-17H,4,7-14,19H2. The summed E-state index contributed by atoms with van der Waals surface area (Å²) in [6.45, 7) is 2.57. The Labute approximate surface area is 127 Å². The van der Waals surface area contributed by atoms with Crippen LogP contribution in [-0.2, 0) is 14.9 Å². The van der Waals surface area contributed by atoms with Gasteiger partial charge in [0.2, 0.25) is 0 Å². The Kier molecular flexibility index (Phi) is 4.94. The van der Waals surface area contributed by atoms with Gasteiger partial charge >= 0.3 is 0 Å². The molecule has 2 N–H and O–H groups in total. The van der Waals surface area contributed by atoms with Crippen molar-refractivity contribution in [2.45, 2.75) is 56.1 Å². The Hall–Kier alpha value is -0.900. The van der Waals surface area contributed by atoms with Crippen LogP contribution in [0.1, 0.15) is 44.1 Å². The van der Waals surface area contributed by atoms with Crippen LogP contribution in [0, 0.1) is 0 Å². The maximum Gasteiger partial charge on any atom is 0.0576 e. The molecule has 0 bridgehead atoms. The van der Waals surface area contributed by atoms with E-state index in [0.717, 1.165) is 45.5 Å². The lowest BCUT2D eigenvalue weighted by Crippen LogP contribution is -2.49. The number of benzene rings is 1. The van der Waals surface area contributed by atoms with Crippen molar-refractivity contribution in [3.63, 3.8) is 0 Å². The average Bonchev–Trinajstić information content (AvgIpc) is 3.07. The fourth-order valence-electron chi connectivity index (χ4n) is 3.89. The molecule has 3 rings (SSSR count). The first-order chi connectivity index (χ1) is 10.3. The Balaban J connectivity index is 1.71. The molecule has 2 fully saturated rings. The van der Waals surface area contributed by atoms with E-state index in [2.05, 4.69) is 30.3 Å². The molecule has 3 nitrogen and oxygen atoms in total. The molecule has 21 heavy (non-hydrogen) atoms. The quantitative estimate of drug-likeness (QED) is 0.906. The molecular formula is C18H27NO2. The first-order valence-electron chi connectivity index (χ1n) is 8.32. The summed E-state index contributed by atoms with van der Waals surface area (Å²) in [4.78, 5) is 0. The maximum atomic E-state index is 6.68. The maximum absolute atomic E-state index is 6.68. The molecule has 1 aromatic rings. The molecule has 0 amide bonds. The number of nitrogens with two attached hydrogens (primary N) is 1. The van der Waals surface area contributed by atoms with Crippen molar-refractivity contribution in [2.75, 3.05) is 19.8 Å². The molecule has 0 aromatic heterocycles. The van der Waals surface area contributed by atoms with E-state index in [9.17, 15) is 0 Å². The summed E-state index contributed by atoms with van der Waals surface area (Å²) in [6.07, 6.45) is 7.04. The topological polar surface area (TPSA) is 44.5 Å². The predicted molar refractivity (Wildman–Crippen MR) is 84.4 cm³/mol.